The summed E-state index contributed by atoms with van der Waals surface area (Å²) < 4.78 is 0. The van der Waals surface area contributed by atoms with Crippen LogP contribution >= 0.6 is 0 Å². The van der Waals surface area contributed by atoms with Crippen molar-refractivity contribution in [3.05, 3.63) is 45.3 Å². The molecule has 0 aromatic heterocycles. The Bertz CT molecular complexity index is 465. The third kappa shape index (κ3) is 2.60. The van der Waals surface area contributed by atoms with Gasteiger partial charge < -0.3 is 0 Å². The Morgan fingerprint density at radius 3 is 2.47 bits per heavy atom. The molecule has 0 atom stereocenters. The maximum Gasteiger partial charge on any atom is 0.0912 e. The first-order valence-electron chi connectivity index (χ1n) is 4.41. The molecule has 0 heterocycles. The molecule has 1 aromatic rings. The highest BCUT2D eigenvalue weighted by Crippen LogP contribution is 2.25. The van der Waals surface area contributed by atoms with Crippen molar-refractivity contribution >= 4 is 11.8 Å². The van der Waals surface area contributed by atoms with E-state index in [1.54, 1.807) is 6.08 Å². The molecule has 0 fully saturated rings. The smallest absolute Gasteiger partial charge is 0.0912 e. The highest BCUT2D eigenvalue weighted by atomic mass is 15.1. The van der Waals surface area contributed by atoms with E-state index in [9.17, 15) is 0 Å². The van der Waals surface area contributed by atoms with Crippen LogP contribution < -0.4 is 0 Å². The van der Waals surface area contributed by atoms with E-state index < -0.39 is 0 Å². The second kappa shape index (κ2) is 4.85. The van der Waals surface area contributed by atoms with Crippen LogP contribution in [0.1, 0.15) is 16.7 Å². The van der Waals surface area contributed by atoms with Crippen molar-refractivity contribution in [3.8, 4) is 6.07 Å². The third-order valence-corrected chi connectivity index (χ3v) is 2.01. The molecule has 0 aliphatic carbocycles. The van der Waals surface area contributed by atoms with Gasteiger partial charge in [0, 0.05) is 16.7 Å². The Balaban J connectivity index is 3.26. The van der Waals surface area contributed by atoms with Crippen molar-refractivity contribution in [1.29, 1.82) is 5.26 Å². The normalized spacial score (nSPS) is 9.67. The summed E-state index contributed by atoms with van der Waals surface area (Å²) in [4.78, 5) is 2.77. The Morgan fingerprint density at radius 2 is 2.00 bits per heavy atom. The molecule has 1 aromatic carbocycles. The fourth-order valence-electron chi connectivity index (χ4n) is 1.42. The van der Waals surface area contributed by atoms with E-state index >= 15 is 0 Å². The Kier molecular flexibility index (Phi) is 3.50. The number of aryl methyl sites for hydroxylation is 2. The molecule has 0 N–H and O–H groups in total. The van der Waals surface area contributed by atoms with E-state index in [2.05, 4.69) is 10.0 Å². The summed E-state index contributed by atoms with van der Waals surface area (Å²) in [5.74, 6) is 0. The minimum Gasteiger partial charge on any atom is -0.193 e. The van der Waals surface area contributed by atoms with E-state index in [1.807, 2.05) is 32.0 Å². The fraction of sp³-hybridized carbons (Fsp3) is 0.182. The van der Waals surface area contributed by atoms with Gasteiger partial charge in [0.2, 0.25) is 0 Å². The highest BCUT2D eigenvalue weighted by Gasteiger charge is 2.01. The van der Waals surface area contributed by atoms with Crippen LogP contribution in [-0.2, 0) is 0 Å². The van der Waals surface area contributed by atoms with Crippen LogP contribution in [0.15, 0.2) is 23.3 Å². The van der Waals surface area contributed by atoms with Gasteiger partial charge in [-0.25, -0.2) is 0 Å². The van der Waals surface area contributed by atoms with Gasteiger partial charge in [0.15, 0.2) is 0 Å². The average Bonchev–Trinajstić information content (AvgIpc) is 2.20. The van der Waals surface area contributed by atoms with E-state index in [4.69, 9.17) is 10.8 Å². The molecular weight excluding hydrogens is 188 g/mol. The molecule has 1 rings (SSSR count). The van der Waals surface area contributed by atoms with Crippen molar-refractivity contribution in [2.45, 2.75) is 13.8 Å². The van der Waals surface area contributed by atoms with E-state index in [0.717, 1.165) is 16.7 Å². The SMILES string of the molecule is Cc1cc(C=CC#N)cc(C)c1N=[N+]=[N-]. The zero-order chi connectivity index (χ0) is 11.3. The zero-order valence-corrected chi connectivity index (χ0v) is 8.60. The lowest BCUT2D eigenvalue weighted by molar-refractivity contribution is 1.30. The maximum atomic E-state index is 8.40. The van der Waals surface area contributed by atoms with Crippen molar-refractivity contribution in [1.82, 2.24) is 0 Å². The van der Waals surface area contributed by atoms with Crippen molar-refractivity contribution < 1.29 is 0 Å². The molecule has 4 nitrogen and oxygen atoms in total. The summed E-state index contributed by atoms with van der Waals surface area (Å²) in [6, 6.07) is 5.69. The predicted molar refractivity (Wildman–Crippen MR) is 59.4 cm³/mol. The minimum absolute atomic E-state index is 0.659. The van der Waals surface area contributed by atoms with E-state index in [-0.39, 0.29) is 0 Å². The van der Waals surface area contributed by atoms with Gasteiger partial charge in [-0.1, -0.05) is 17.2 Å². The number of allylic oxidation sites excluding steroid dienone is 1. The summed E-state index contributed by atoms with van der Waals surface area (Å²) >= 11 is 0. The lowest BCUT2D eigenvalue weighted by atomic mass is 10.0. The maximum absolute atomic E-state index is 8.40. The minimum atomic E-state index is 0.659. The van der Waals surface area contributed by atoms with Gasteiger partial charge >= 0.3 is 0 Å². The summed E-state index contributed by atoms with van der Waals surface area (Å²) in [5.41, 5.74) is 11.8. The number of benzene rings is 1. The van der Waals surface area contributed by atoms with Crippen LogP contribution in [0.25, 0.3) is 16.5 Å². The van der Waals surface area contributed by atoms with Crippen LogP contribution in [0.4, 0.5) is 5.69 Å². The Hall–Kier alpha value is -2.24. The number of hydrogen-bond donors (Lipinski definition) is 0. The van der Waals surface area contributed by atoms with E-state index in [0.29, 0.717) is 5.69 Å². The first-order chi connectivity index (χ1) is 7.19. The molecule has 0 aliphatic heterocycles. The molecule has 74 valence electrons. The predicted octanol–water partition coefficient (Wildman–Crippen LogP) is 3.78. The lowest BCUT2D eigenvalue weighted by Gasteiger charge is -2.05. The molecule has 0 saturated heterocycles. The Labute approximate surface area is 88.1 Å². The second-order valence-electron chi connectivity index (χ2n) is 3.16. The number of azide groups is 1. The van der Waals surface area contributed by atoms with Crippen LogP contribution in [0.3, 0.4) is 0 Å². The molecule has 0 spiro atoms. The molecule has 0 amide bonds. The molecule has 0 aliphatic rings. The molecule has 0 saturated carbocycles. The van der Waals surface area contributed by atoms with Crippen LogP contribution in [-0.4, -0.2) is 0 Å². The molecular formula is C11H10N4. The standard InChI is InChI=1S/C11H10N4/c1-8-6-10(4-3-5-12)7-9(2)11(8)14-15-13/h3-4,6-7H,1-2H3. The van der Waals surface area contributed by atoms with Crippen molar-refractivity contribution in [2.24, 2.45) is 5.11 Å². The third-order valence-electron chi connectivity index (χ3n) is 2.01. The number of nitrogens with zero attached hydrogens (tertiary/aromatic N) is 4. The van der Waals surface area contributed by atoms with Gasteiger partial charge in [0.05, 0.1) is 6.07 Å². The summed E-state index contributed by atoms with van der Waals surface area (Å²) in [7, 11) is 0. The molecule has 0 radical (unpaired) electrons. The summed E-state index contributed by atoms with van der Waals surface area (Å²) in [6.07, 6.45) is 3.14. The Morgan fingerprint density at radius 1 is 1.40 bits per heavy atom. The average molecular weight is 198 g/mol. The van der Waals surface area contributed by atoms with Gasteiger partial charge in [0.25, 0.3) is 0 Å². The molecule has 0 bridgehead atoms. The largest absolute Gasteiger partial charge is 0.193 e. The topological polar surface area (TPSA) is 72.5 Å². The first kappa shape index (κ1) is 10.8. The van der Waals surface area contributed by atoms with Crippen molar-refractivity contribution in [3.63, 3.8) is 0 Å². The van der Waals surface area contributed by atoms with Gasteiger partial charge in [0.1, 0.15) is 0 Å². The number of rotatable bonds is 2. The van der Waals surface area contributed by atoms with Gasteiger partial charge in [-0.3, -0.25) is 0 Å². The molecule has 4 heteroatoms. The first-order valence-corrected chi connectivity index (χ1v) is 4.41. The quantitative estimate of drug-likeness (QED) is 0.308. The summed E-state index contributed by atoms with van der Waals surface area (Å²) in [5, 5.41) is 12.0. The monoisotopic (exact) mass is 198 g/mol. The van der Waals surface area contributed by atoms with Crippen LogP contribution in [0.2, 0.25) is 0 Å². The van der Waals surface area contributed by atoms with Crippen LogP contribution in [0.5, 0.6) is 0 Å². The molecule has 0 unspecified atom stereocenters. The second-order valence-corrected chi connectivity index (χ2v) is 3.16. The molecule has 15 heavy (non-hydrogen) atoms. The van der Waals surface area contributed by atoms with Gasteiger partial charge in [-0.2, -0.15) is 5.26 Å². The number of hydrogen-bond acceptors (Lipinski definition) is 2. The number of nitriles is 1. The summed E-state index contributed by atoms with van der Waals surface area (Å²) in [6.45, 7) is 3.75. The zero-order valence-electron chi connectivity index (χ0n) is 8.60. The van der Waals surface area contributed by atoms with Crippen LogP contribution in [0, 0.1) is 25.2 Å². The fourth-order valence-corrected chi connectivity index (χ4v) is 1.42. The highest BCUT2D eigenvalue weighted by molar-refractivity contribution is 5.61. The van der Waals surface area contributed by atoms with E-state index in [1.165, 1.54) is 6.08 Å². The lowest BCUT2D eigenvalue weighted by Crippen LogP contribution is -1.82. The van der Waals surface area contributed by atoms with Gasteiger partial charge in [-0.05, 0) is 42.1 Å². The van der Waals surface area contributed by atoms with Gasteiger partial charge in [-0.15, -0.1) is 0 Å². The van der Waals surface area contributed by atoms with Crippen molar-refractivity contribution in [2.75, 3.05) is 0 Å².